The van der Waals surface area contributed by atoms with E-state index in [1.165, 1.54) is 0 Å². The molecule has 1 aliphatic heterocycles. The SMILES string of the molecule is CC(N)=NC1CCC(=O)NC1. The van der Waals surface area contributed by atoms with Gasteiger partial charge in [0.25, 0.3) is 0 Å². The van der Waals surface area contributed by atoms with Gasteiger partial charge in [-0.25, -0.2) is 0 Å². The van der Waals surface area contributed by atoms with Crippen LogP contribution in [-0.4, -0.2) is 24.3 Å². The Morgan fingerprint density at radius 2 is 2.55 bits per heavy atom. The summed E-state index contributed by atoms with van der Waals surface area (Å²) >= 11 is 0. The Morgan fingerprint density at radius 1 is 1.82 bits per heavy atom. The van der Waals surface area contributed by atoms with E-state index in [9.17, 15) is 4.79 Å². The summed E-state index contributed by atoms with van der Waals surface area (Å²) in [5, 5.41) is 2.74. The third kappa shape index (κ3) is 2.57. The second kappa shape index (κ2) is 3.37. The fourth-order valence-corrected chi connectivity index (χ4v) is 1.12. The molecule has 4 heteroatoms. The molecule has 1 fully saturated rings. The van der Waals surface area contributed by atoms with Gasteiger partial charge in [0.15, 0.2) is 0 Å². The fraction of sp³-hybridized carbons (Fsp3) is 0.714. The zero-order valence-corrected chi connectivity index (χ0v) is 6.63. The van der Waals surface area contributed by atoms with Crippen LogP contribution in [0.5, 0.6) is 0 Å². The number of carbonyl (C=O) groups excluding carboxylic acids is 1. The molecule has 11 heavy (non-hydrogen) atoms. The molecule has 0 bridgehead atoms. The monoisotopic (exact) mass is 155 g/mol. The molecule has 0 aromatic rings. The maximum Gasteiger partial charge on any atom is 0.220 e. The van der Waals surface area contributed by atoms with Crippen LogP contribution in [0.1, 0.15) is 19.8 Å². The highest BCUT2D eigenvalue weighted by Gasteiger charge is 2.16. The lowest BCUT2D eigenvalue weighted by Gasteiger charge is -2.18. The molecule has 62 valence electrons. The Morgan fingerprint density at radius 3 is 3.00 bits per heavy atom. The molecule has 0 radical (unpaired) electrons. The van der Waals surface area contributed by atoms with Gasteiger partial charge in [-0.3, -0.25) is 9.79 Å². The quantitative estimate of drug-likeness (QED) is 0.401. The van der Waals surface area contributed by atoms with Gasteiger partial charge in [0.05, 0.1) is 11.9 Å². The van der Waals surface area contributed by atoms with Gasteiger partial charge in [-0.2, -0.15) is 0 Å². The summed E-state index contributed by atoms with van der Waals surface area (Å²) in [6.45, 7) is 2.39. The first kappa shape index (κ1) is 8.04. The number of rotatable bonds is 1. The fourth-order valence-electron chi connectivity index (χ4n) is 1.12. The van der Waals surface area contributed by atoms with E-state index in [0.717, 1.165) is 6.42 Å². The van der Waals surface area contributed by atoms with E-state index in [4.69, 9.17) is 5.73 Å². The summed E-state index contributed by atoms with van der Waals surface area (Å²) in [7, 11) is 0. The standard InChI is InChI=1S/C7H13N3O/c1-5(8)10-6-2-3-7(11)9-4-6/h6H,2-4H2,1H3,(H2,8,10)(H,9,11). The topological polar surface area (TPSA) is 67.5 Å². The van der Waals surface area contributed by atoms with Crippen molar-refractivity contribution >= 4 is 11.7 Å². The minimum Gasteiger partial charge on any atom is -0.388 e. The average Bonchev–Trinajstić information content (AvgIpc) is 1.93. The van der Waals surface area contributed by atoms with Gasteiger partial charge in [0, 0.05) is 13.0 Å². The molecule has 1 heterocycles. The molecule has 1 aliphatic rings. The highest BCUT2D eigenvalue weighted by atomic mass is 16.1. The van der Waals surface area contributed by atoms with Crippen molar-refractivity contribution in [2.24, 2.45) is 10.7 Å². The number of hydrogen-bond acceptors (Lipinski definition) is 2. The largest absolute Gasteiger partial charge is 0.388 e. The molecule has 0 saturated carbocycles. The number of piperidine rings is 1. The molecule has 0 aromatic heterocycles. The van der Waals surface area contributed by atoms with Crippen LogP contribution in [0.4, 0.5) is 0 Å². The number of nitrogens with two attached hydrogens (primary N) is 1. The molecule has 0 aliphatic carbocycles. The molecule has 0 aromatic carbocycles. The third-order valence-corrected chi connectivity index (χ3v) is 1.63. The van der Waals surface area contributed by atoms with E-state index < -0.39 is 0 Å². The van der Waals surface area contributed by atoms with Crippen LogP contribution in [0.15, 0.2) is 4.99 Å². The van der Waals surface area contributed by atoms with Crippen molar-refractivity contribution in [2.45, 2.75) is 25.8 Å². The minimum atomic E-state index is 0.117. The summed E-state index contributed by atoms with van der Waals surface area (Å²) in [5.41, 5.74) is 5.40. The van der Waals surface area contributed by atoms with E-state index >= 15 is 0 Å². The predicted octanol–water partition coefficient (Wildman–Crippen LogP) is -0.358. The maximum atomic E-state index is 10.7. The maximum absolute atomic E-state index is 10.7. The van der Waals surface area contributed by atoms with Gasteiger partial charge in [-0.05, 0) is 13.3 Å². The van der Waals surface area contributed by atoms with Gasteiger partial charge < -0.3 is 11.1 Å². The Hall–Kier alpha value is -1.06. The highest BCUT2D eigenvalue weighted by Crippen LogP contribution is 2.05. The van der Waals surface area contributed by atoms with E-state index in [2.05, 4.69) is 10.3 Å². The number of carbonyl (C=O) groups is 1. The van der Waals surface area contributed by atoms with E-state index in [1.54, 1.807) is 6.92 Å². The number of nitrogens with one attached hydrogen (secondary N) is 1. The third-order valence-electron chi connectivity index (χ3n) is 1.63. The summed E-state index contributed by atoms with van der Waals surface area (Å²) in [6.07, 6.45) is 1.39. The van der Waals surface area contributed by atoms with Gasteiger partial charge in [-0.1, -0.05) is 0 Å². The zero-order valence-electron chi connectivity index (χ0n) is 6.63. The van der Waals surface area contributed by atoms with Crippen molar-refractivity contribution in [3.63, 3.8) is 0 Å². The first-order valence-electron chi connectivity index (χ1n) is 3.75. The van der Waals surface area contributed by atoms with Crippen molar-refractivity contribution in [3.05, 3.63) is 0 Å². The summed E-state index contributed by atoms with van der Waals surface area (Å²) in [4.78, 5) is 14.9. The molecular formula is C7H13N3O. The lowest BCUT2D eigenvalue weighted by atomic mass is 10.1. The van der Waals surface area contributed by atoms with Gasteiger partial charge >= 0.3 is 0 Å². The Labute approximate surface area is 65.9 Å². The summed E-state index contributed by atoms with van der Waals surface area (Å²) in [6, 6.07) is 0.192. The smallest absolute Gasteiger partial charge is 0.220 e. The van der Waals surface area contributed by atoms with Crippen LogP contribution < -0.4 is 11.1 Å². The van der Waals surface area contributed by atoms with E-state index in [-0.39, 0.29) is 11.9 Å². The minimum absolute atomic E-state index is 0.117. The molecule has 1 saturated heterocycles. The van der Waals surface area contributed by atoms with E-state index in [1.807, 2.05) is 0 Å². The molecule has 1 amide bonds. The van der Waals surface area contributed by atoms with Crippen LogP contribution in [0.25, 0.3) is 0 Å². The Kier molecular flexibility index (Phi) is 2.46. The normalized spacial score (nSPS) is 26.5. The Bertz CT molecular complexity index is 174. The molecular weight excluding hydrogens is 142 g/mol. The molecule has 1 rings (SSSR count). The summed E-state index contributed by atoms with van der Waals surface area (Å²) < 4.78 is 0. The average molecular weight is 155 g/mol. The van der Waals surface area contributed by atoms with Gasteiger partial charge in [0.1, 0.15) is 0 Å². The lowest BCUT2D eigenvalue weighted by molar-refractivity contribution is -0.122. The number of nitrogens with zero attached hydrogens (tertiary/aromatic N) is 1. The van der Waals surface area contributed by atoms with Crippen molar-refractivity contribution in [3.8, 4) is 0 Å². The number of amidine groups is 1. The highest BCUT2D eigenvalue weighted by molar-refractivity contribution is 5.79. The van der Waals surface area contributed by atoms with Crippen molar-refractivity contribution in [1.82, 2.24) is 5.32 Å². The molecule has 0 spiro atoms. The van der Waals surface area contributed by atoms with Gasteiger partial charge in [-0.15, -0.1) is 0 Å². The van der Waals surface area contributed by atoms with Crippen molar-refractivity contribution in [2.75, 3.05) is 6.54 Å². The number of hydrogen-bond donors (Lipinski definition) is 2. The van der Waals surface area contributed by atoms with Crippen LogP contribution in [0, 0.1) is 0 Å². The van der Waals surface area contributed by atoms with Crippen LogP contribution >= 0.6 is 0 Å². The van der Waals surface area contributed by atoms with Crippen LogP contribution in [0.3, 0.4) is 0 Å². The molecule has 1 unspecified atom stereocenters. The van der Waals surface area contributed by atoms with Gasteiger partial charge in [0.2, 0.25) is 5.91 Å². The summed E-state index contributed by atoms with van der Waals surface area (Å²) in [5.74, 6) is 0.706. The van der Waals surface area contributed by atoms with E-state index in [0.29, 0.717) is 18.8 Å². The zero-order chi connectivity index (χ0) is 8.27. The molecule has 4 nitrogen and oxygen atoms in total. The number of amides is 1. The first-order valence-corrected chi connectivity index (χ1v) is 3.75. The molecule has 1 atom stereocenters. The molecule has 3 N–H and O–H groups in total. The second-order valence-electron chi connectivity index (χ2n) is 2.77. The Balaban J connectivity index is 2.39. The van der Waals surface area contributed by atoms with Crippen molar-refractivity contribution in [1.29, 1.82) is 0 Å². The number of aliphatic imine (C=N–C) groups is 1. The van der Waals surface area contributed by atoms with Crippen LogP contribution in [-0.2, 0) is 4.79 Å². The predicted molar refractivity (Wildman–Crippen MR) is 43.3 cm³/mol. The second-order valence-corrected chi connectivity index (χ2v) is 2.77. The lowest BCUT2D eigenvalue weighted by Crippen LogP contribution is -2.37. The van der Waals surface area contributed by atoms with Crippen molar-refractivity contribution < 1.29 is 4.79 Å². The van der Waals surface area contributed by atoms with Crippen LogP contribution in [0.2, 0.25) is 0 Å². The first-order chi connectivity index (χ1) is 5.18.